The molecule has 0 radical (unpaired) electrons. The van der Waals surface area contributed by atoms with E-state index < -0.39 is 17.8 Å². The topological polar surface area (TPSA) is 102 Å². The Bertz CT molecular complexity index is 1150. The second-order valence-electron chi connectivity index (χ2n) is 6.63. The maximum absolute atomic E-state index is 12.8. The van der Waals surface area contributed by atoms with Crippen molar-refractivity contribution >= 4 is 5.97 Å². The molecule has 0 spiro atoms. The SMILES string of the molecule is CO/C=C(\Oc1cc(-c2noc(Cn3nc(C(F)(F)F)cc3C)n2)ccc1C)C(=O)OC. The largest absolute Gasteiger partial charge is 0.500 e. The van der Waals surface area contributed by atoms with Gasteiger partial charge in [0.25, 0.3) is 0 Å². The number of aryl methyl sites for hydroxylation is 2. The molecule has 2 heterocycles. The van der Waals surface area contributed by atoms with Crippen LogP contribution in [0.4, 0.5) is 13.2 Å². The van der Waals surface area contributed by atoms with E-state index in [0.717, 1.165) is 17.0 Å². The molecule has 0 saturated heterocycles. The van der Waals surface area contributed by atoms with Crippen LogP contribution in [0.15, 0.2) is 40.8 Å². The molecule has 1 aromatic carbocycles. The van der Waals surface area contributed by atoms with Crippen LogP contribution in [0.1, 0.15) is 22.8 Å². The minimum absolute atomic E-state index is 0.0671. The predicted octanol–water partition coefficient (Wildman–Crippen LogP) is 3.66. The highest BCUT2D eigenvalue weighted by molar-refractivity contribution is 5.86. The van der Waals surface area contributed by atoms with Crippen LogP contribution in [0.2, 0.25) is 0 Å². The van der Waals surface area contributed by atoms with Gasteiger partial charge in [-0.15, -0.1) is 0 Å². The molecule has 0 fully saturated rings. The number of carbonyl (C=O) groups is 1. The lowest BCUT2D eigenvalue weighted by Crippen LogP contribution is -2.11. The van der Waals surface area contributed by atoms with Crippen LogP contribution in [0.3, 0.4) is 0 Å². The molecule has 3 aromatic rings. The minimum Gasteiger partial charge on any atom is -0.500 e. The number of methoxy groups -OCH3 is 2. The number of hydrogen-bond donors (Lipinski definition) is 0. The van der Waals surface area contributed by atoms with Crippen molar-refractivity contribution in [2.75, 3.05) is 14.2 Å². The van der Waals surface area contributed by atoms with E-state index in [1.54, 1.807) is 25.1 Å². The highest BCUT2D eigenvalue weighted by Crippen LogP contribution is 2.29. The lowest BCUT2D eigenvalue weighted by Gasteiger charge is -2.11. The standard InChI is InChI=1S/C20H19F3N4O5/c1-11-5-6-13(8-14(11)31-15(10-29-3)19(28)30-4)18-24-17(32-26-18)9-27-12(2)7-16(25-27)20(21,22)23/h5-8,10H,9H2,1-4H3/b15-10-. The zero-order valence-electron chi connectivity index (χ0n) is 17.6. The van der Waals surface area contributed by atoms with Gasteiger partial charge in [0.05, 0.1) is 14.2 Å². The number of esters is 1. The Balaban J connectivity index is 1.83. The molecule has 32 heavy (non-hydrogen) atoms. The summed E-state index contributed by atoms with van der Waals surface area (Å²) in [7, 11) is 2.56. The molecule has 170 valence electrons. The quantitative estimate of drug-likeness (QED) is 0.304. The summed E-state index contributed by atoms with van der Waals surface area (Å²) < 4.78 is 59.9. The van der Waals surface area contributed by atoms with Crippen molar-refractivity contribution in [3.8, 4) is 17.1 Å². The van der Waals surface area contributed by atoms with E-state index >= 15 is 0 Å². The fourth-order valence-corrected chi connectivity index (χ4v) is 2.66. The van der Waals surface area contributed by atoms with Gasteiger partial charge in [0, 0.05) is 11.3 Å². The second-order valence-corrected chi connectivity index (χ2v) is 6.63. The Morgan fingerprint density at radius 2 is 1.97 bits per heavy atom. The average Bonchev–Trinajstić information content (AvgIpc) is 3.35. The van der Waals surface area contributed by atoms with Gasteiger partial charge < -0.3 is 18.7 Å². The van der Waals surface area contributed by atoms with Crippen LogP contribution >= 0.6 is 0 Å². The molecule has 3 rings (SSSR count). The third-order valence-corrected chi connectivity index (χ3v) is 4.30. The van der Waals surface area contributed by atoms with Crippen LogP contribution in [0.5, 0.6) is 5.75 Å². The van der Waals surface area contributed by atoms with Gasteiger partial charge in [0.2, 0.25) is 17.5 Å². The van der Waals surface area contributed by atoms with E-state index in [-0.39, 0.29) is 24.0 Å². The van der Waals surface area contributed by atoms with Crippen molar-refractivity contribution < 1.29 is 36.7 Å². The monoisotopic (exact) mass is 452 g/mol. The predicted molar refractivity (Wildman–Crippen MR) is 103 cm³/mol. The van der Waals surface area contributed by atoms with E-state index in [1.165, 1.54) is 21.1 Å². The summed E-state index contributed by atoms with van der Waals surface area (Å²) in [6.45, 7) is 3.13. The van der Waals surface area contributed by atoms with Crippen molar-refractivity contribution in [3.63, 3.8) is 0 Å². The molecule has 0 aliphatic heterocycles. The zero-order chi connectivity index (χ0) is 23.5. The molecule has 0 N–H and O–H groups in total. The van der Waals surface area contributed by atoms with Crippen LogP contribution in [-0.2, 0) is 27.0 Å². The number of ether oxygens (including phenoxy) is 3. The number of nitrogens with zero attached hydrogens (tertiary/aromatic N) is 4. The normalized spacial score (nSPS) is 12.0. The van der Waals surface area contributed by atoms with Gasteiger partial charge in [0.15, 0.2) is 5.69 Å². The van der Waals surface area contributed by atoms with Crippen molar-refractivity contribution in [3.05, 3.63) is 59.1 Å². The Morgan fingerprint density at radius 1 is 1.22 bits per heavy atom. The van der Waals surface area contributed by atoms with Crippen molar-refractivity contribution in [2.45, 2.75) is 26.6 Å². The zero-order valence-corrected chi connectivity index (χ0v) is 17.6. The Hall–Kier alpha value is -3.83. The van der Waals surface area contributed by atoms with Gasteiger partial charge in [-0.3, -0.25) is 4.68 Å². The first-order chi connectivity index (χ1) is 15.1. The minimum atomic E-state index is -4.55. The first-order valence-electron chi connectivity index (χ1n) is 9.16. The first-order valence-corrected chi connectivity index (χ1v) is 9.16. The van der Waals surface area contributed by atoms with Crippen LogP contribution in [0, 0.1) is 13.8 Å². The third kappa shape index (κ3) is 5.07. The Kier molecular flexibility index (Phi) is 6.51. The molecule has 0 aliphatic carbocycles. The average molecular weight is 452 g/mol. The first kappa shape index (κ1) is 22.8. The highest BCUT2D eigenvalue weighted by atomic mass is 19.4. The molecule has 0 amide bonds. The van der Waals surface area contributed by atoms with E-state index in [9.17, 15) is 18.0 Å². The van der Waals surface area contributed by atoms with E-state index in [2.05, 4.69) is 20.0 Å². The number of carbonyl (C=O) groups excluding carboxylic acids is 1. The number of alkyl halides is 3. The summed E-state index contributed by atoms with van der Waals surface area (Å²) in [4.78, 5) is 16.0. The van der Waals surface area contributed by atoms with E-state index in [4.69, 9.17) is 14.0 Å². The maximum atomic E-state index is 12.8. The maximum Gasteiger partial charge on any atom is 0.435 e. The number of benzene rings is 1. The van der Waals surface area contributed by atoms with Crippen LogP contribution in [-0.4, -0.2) is 40.1 Å². The Labute approximate surface area is 180 Å². The molecule has 0 unspecified atom stereocenters. The molecule has 0 aliphatic rings. The second kappa shape index (κ2) is 9.12. The summed E-state index contributed by atoms with van der Waals surface area (Å²) in [5.74, 6) is -0.330. The Morgan fingerprint density at radius 3 is 2.59 bits per heavy atom. The molecule has 2 aromatic heterocycles. The van der Waals surface area contributed by atoms with Crippen molar-refractivity contribution in [1.29, 1.82) is 0 Å². The summed E-state index contributed by atoms with van der Waals surface area (Å²) in [6, 6.07) is 5.94. The fraction of sp³-hybridized carbons (Fsp3) is 0.300. The van der Waals surface area contributed by atoms with Gasteiger partial charge in [-0.25, -0.2) is 4.79 Å². The fourth-order valence-electron chi connectivity index (χ4n) is 2.66. The smallest absolute Gasteiger partial charge is 0.435 e. The van der Waals surface area contributed by atoms with Crippen molar-refractivity contribution in [1.82, 2.24) is 19.9 Å². The summed E-state index contributed by atoms with van der Waals surface area (Å²) in [5, 5.41) is 7.41. The summed E-state index contributed by atoms with van der Waals surface area (Å²) in [5.41, 5.74) is 0.495. The van der Waals surface area contributed by atoms with E-state index in [0.29, 0.717) is 22.6 Å². The van der Waals surface area contributed by atoms with E-state index in [1.807, 2.05) is 0 Å². The third-order valence-electron chi connectivity index (χ3n) is 4.30. The molecule has 0 saturated carbocycles. The summed E-state index contributed by atoms with van der Waals surface area (Å²) >= 11 is 0. The van der Waals surface area contributed by atoms with Gasteiger partial charge in [-0.05, 0) is 31.5 Å². The number of aromatic nitrogens is 4. The molecular weight excluding hydrogens is 433 g/mol. The summed E-state index contributed by atoms with van der Waals surface area (Å²) in [6.07, 6.45) is -3.44. The number of halogens is 3. The van der Waals surface area contributed by atoms with Gasteiger partial charge in [-0.2, -0.15) is 23.3 Å². The lowest BCUT2D eigenvalue weighted by atomic mass is 10.1. The van der Waals surface area contributed by atoms with Gasteiger partial charge >= 0.3 is 12.1 Å². The molecule has 9 nitrogen and oxygen atoms in total. The van der Waals surface area contributed by atoms with Gasteiger partial charge in [0.1, 0.15) is 18.6 Å². The van der Waals surface area contributed by atoms with Crippen molar-refractivity contribution in [2.24, 2.45) is 0 Å². The molecule has 0 atom stereocenters. The molecule has 0 bridgehead atoms. The van der Waals surface area contributed by atoms with Gasteiger partial charge in [-0.1, -0.05) is 17.3 Å². The number of hydrogen-bond acceptors (Lipinski definition) is 8. The highest BCUT2D eigenvalue weighted by Gasteiger charge is 2.34. The lowest BCUT2D eigenvalue weighted by molar-refractivity contribution is -0.141. The molecular formula is C20H19F3N4O5. The molecule has 12 heteroatoms. The number of rotatable bonds is 7. The van der Waals surface area contributed by atoms with Crippen LogP contribution < -0.4 is 4.74 Å². The van der Waals surface area contributed by atoms with Crippen LogP contribution in [0.25, 0.3) is 11.4 Å².